The Morgan fingerprint density at radius 3 is 2.75 bits per heavy atom. The molecule has 0 aliphatic rings. The molecule has 2 aromatic carbocycles. The molecule has 2 rings (SSSR count). The second-order valence-corrected chi connectivity index (χ2v) is 5.74. The van der Waals surface area contributed by atoms with Crippen LogP contribution in [0, 0.1) is 5.82 Å². The van der Waals surface area contributed by atoms with Gasteiger partial charge in [0, 0.05) is 23.8 Å². The molecule has 1 amide bonds. The Kier molecular flexibility index (Phi) is 6.75. The summed E-state index contributed by atoms with van der Waals surface area (Å²) in [7, 11) is 0. The molecule has 128 valence electrons. The normalized spacial score (nSPS) is 11.8. The Balaban J connectivity index is 1.90. The predicted octanol–water partition coefficient (Wildman–Crippen LogP) is 2.98. The quantitative estimate of drug-likeness (QED) is 0.697. The lowest BCUT2D eigenvalue weighted by Crippen LogP contribution is -2.26. The second-order valence-electron chi connectivity index (χ2n) is 5.74. The highest BCUT2D eigenvalue weighted by atomic mass is 19.1. The number of nitrogens with one attached hydrogen (secondary N) is 2. The zero-order valence-corrected chi connectivity index (χ0v) is 13.8. The van der Waals surface area contributed by atoms with Crippen molar-refractivity contribution in [2.45, 2.75) is 25.8 Å². The van der Waals surface area contributed by atoms with Gasteiger partial charge in [-0.3, -0.25) is 4.79 Å². The van der Waals surface area contributed by atoms with E-state index in [1.807, 2.05) is 19.1 Å². The average molecular weight is 330 g/mol. The molecule has 3 N–H and O–H groups in total. The van der Waals surface area contributed by atoms with Crippen LogP contribution in [-0.2, 0) is 6.42 Å². The number of aliphatic hydroxyl groups is 1. The van der Waals surface area contributed by atoms with Gasteiger partial charge < -0.3 is 15.7 Å². The Morgan fingerprint density at radius 1 is 1.21 bits per heavy atom. The number of benzene rings is 2. The van der Waals surface area contributed by atoms with Crippen LogP contribution in [0.5, 0.6) is 0 Å². The summed E-state index contributed by atoms with van der Waals surface area (Å²) in [5, 5.41) is 14.7. The molecule has 0 radical (unpaired) electrons. The van der Waals surface area contributed by atoms with Crippen molar-refractivity contribution < 1.29 is 14.3 Å². The van der Waals surface area contributed by atoms with E-state index in [1.165, 1.54) is 6.07 Å². The van der Waals surface area contributed by atoms with E-state index in [9.17, 15) is 9.18 Å². The number of hydrogen-bond acceptors (Lipinski definition) is 3. The fraction of sp³-hybridized carbons (Fsp3) is 0.316. The lowest BCUT2D eigenvalue weighted by atomic mass is 10.1. The third kappa shape index (κ3) is 5.35. The summed E-state index contributed by atoms with van der Waals surface area (Å²) in [6.45, 7) is 2.17. The van der Waals surface area contributed by atoms with E-state index in [0.29, 0.717) is 17.5 Å². The van der Waals surface area contributed by atoms with E-state index in [2.05, 4.69) is 10.6 Å². The van der Waals surface area contributed by atoms with Crippen molar-refractivity contribution in [3.63, 3.8) is 0 Å². The number of carbonyl (C=O) groups is 1. The van der Waals surface area contributed by atoms with Gasteiger partial charge in [0.2, 0.25) is 0 Å². The minimum absolute atomic E-state index is 0.0865. The van der Waals surface area contributed by atoms with E-state index in [0.717, 1.165) is 12.1 Å². The molecule has 0 aliphatic carbocycles. The van der Waals surface area contributed by atoms with Gasteiger partial charge in [0.1, 0.15) is 5.82 Å². The number of amides is 1. The van der Waals surface area contributed by atoms with Gasteiger partial charge in [0.05, 0.1) is 6.61 Å². The molecule has 1 unspecified atom stereocenters. The molecule has 1 atom stereocenters. The monoisotopic (exact) mass is 330 g/mol. The SMILES string of the molecule is CC(CCc1ccccc1F)Nc1cccc(C(=O)NCCO)c1. The largest absolute Gasteiger partial charge is 0.395 e. The summed E-state index contributed by atoms with van der Waals surface area (Å²) in [6.07, 6.45) is 1.43. The molecule has 0 fully saturated rings. The number of aryl methyl sites for hydroxylation is 1. The summed E-state index contributed by atoms with van der Waals surface area (Å²) >= 11 is 0. The van der Waals surface area contributed by atoms with Crippen molar-refractivity contribution in [3.8, 4) is 0 Å². The Morgan fingerprint density at radius 2 is 2.00 bits per heavy atom. The van der Waals surface area contributed by atoms with E-state index < -0.39 is 0 Å². The van der Waals surface area contributed by atoms with E-state index in [1.54, 1.807) is 30.3 Å². The highest BCUT2D eigenvalue weighted by molar-refractivity contribution is 5.95. The van der Waals surface area contributed by atoms with Crippen LogP contribution in [0.4, 0.5) is 10.1 Å². The third-order valence-corrected chi connectivity index (χ3v) is 3.74. The lowest BCUT2D eigenvalue weighted by Gasteiger charge is -2.16. The number of halogens is 1. The minimum atomic E-state index is -0.216. The molecule has 0 aromatic heterocycles. The average Bonchev–Trinajstić information content (AvgIpc) is 2.59. The van der Waals surface area contributed by atoms with E-state index in [4.69, 9.17) is 5.11 Å². The minimum Gasteiger partial charge on any atom is -0.395 e. The van der Waals surface area contributed by atoms with Gasteiger partial charge in [0.25, 0.3) is 5.91 Å². The predicted molar refractivity (Wildman–Crippen MR) is 93.7 cm³/mol. The molecule has 2 aromatic rings. The summed E-state index contributed by atoms with van der Waals surface area (Å²) in [5.74, 6) is -0.390. The third-order valence-electron chi connectivity index (χ3n) is 3.74. The first kappa shape index (κ1) is 17.9. The zero-order chi connectivity index (χ0) is 17.4. The fourth-order valence-electron chi connectivity index (χ4n) is 2.45. The fourth-order valence-corrected chi connectivity index (χ4v) is 2.45. The summed E-state index contributed by atoms with van der Waals surface area (Å²) in [5.41, 5.74) is 2.09. The highest BCUT2D eigenvalue weighted by Gasteiger charge is 2.08. The molecule has 0 heterocycles. The summed E-state index contributed by atoms with van der Waals surface area (Å²) in [4.78, 5) is 11.9. The smallest absolute Gasteiger partial charge is 0.251 e. The standard InChI is InChI=1S/C19H23FN2O2/c1-14(9-10-15-5-2-3-8-18(15)20)22-17-7-4-6-16(13-17)19(24)21-11-12-23/h2-8,13-14,22-23H,9-12H2,1H3,(H,21,24). The maximum absolute atomic E-state index is 13.6. The number of hydrogen-bond donors (Lipinski definition) is 3. The first-order valence-electron chi connectivity index (χ1n) is 8.09. The van der Waals surface area contributed by atoms with Crippen LogP contribution in [0.1, 0.15) is 29.3 Å². The van der Waals surface area contributed by atoms with Crippen LogP contribution in [0.2, 0.25) is 0 Å². The van der Waals surface area contributed by atoms with Crippen molar-refractivity contribution in [2.75, 3.05) is 18.5 Å². The number of anilines is 1. The molecule has 24 heavy (non-hydrogen) atoms. The maximum atomic E-state index is 13.6. The maximum Gasteiger partial charge on any atom is 0.251 e. The molecule has 0 bridgehead atoms. The van der Waals surface area contributed by atoms with Crippen LogP contribution < -0.4 is 10.6 Å². The molecule has 5 heteroatoms. The van der Waals surface area contributed by atoms with Crippen molar-refractivity contribution >= 4 is 11.6 Å². The van der Waals surface area contributed by atoms with Gasteiger partial charge in [-0.05, 0) is 49.6 Å². The van der Waals surface area contributed by atoms with Gasteiger partial charge in [-0.2, -0.15) is 0 Å². The number of rotatable bonds is 8. The van der Waals surface area contributed by atoms with Gasteiger partial charge in [0.15, 0.2) is 0 Å². The molecule has 0 spiro atoms. The Labute approximate surface area is 141 Å². The van der Waals surface area contributed by atoms with E-state index in [-0.39, 0.29) is 30.9 Å². The van der Waals surface area contributed by atoms with Crippen molar-refractivity contribution in [1.82, 2.24) is 5.32 Å². The van der Waals surface area contributed by atoms with Crippen molar-refractivity contribution in [1.29, 1.82) is 0 Å². The van der Waals surface area contributed by atoms with Gasteiger partial charge in [-0.15, -0.1) is 0 Å². The molecule has 0 saturated heterocycles. The molecule has 4 nitrogen and oxygen atoms in total. The van der Waals surface area contributed by atoms with Crippen LogP contribution >= 0.6 is 0 Å². The molecule has 0 aliphatic heterocycles. The Hall–Kier alpha value is -2.40. The topological polar surface area (TPSA) is 61.4 Å². The van der Waals surface area contributed by atoms with Crippen LogP contribution in [-0.4, -0.2) is 30.2 Å². The molecule has 0 saturated carbocycles. The molecular weight excluding hydrogens is 307 g/mol. The van der Waals surface area contributed by atoms with Gasteiger partial charge in [-0.1, -0.05) is 24.3 Å². The van der Waals surface area contributed by atoms with Gasteiger partial charge in [-0.25, -0.2) is 4.39 Å². The second kappa shape index (κ2) is 9.03. The zero-order valence-electron chi connectivity index (χ0n) is 13.8. The summed E-state index contributed by atoms with van der Waals surface area (Å²) in [6, 6.07) is 14.1. The van der Waals surface area contributed by atoms with Gasteiger partial charge >= 0.3 is 0 Å². The van der Waals surface area contributed by atoms with Crippen molar-refractivity contribution in [3.05, 3.63) is 65.5 Å². The van der Waals surface area contributed by atoms with Crippen LogP contribution in [0.15, 0.2) is 48.5 Å². The Bertz CT molecular complexity index is 676. The number of carbonyl (C=O) groups excluding carboxylic acids is 1. The van der Waals surface area contributed by atoms with E-state index >= 15 is 0 Å². The van der Waals surface area contributed by atoms with Crippen LogP contribution in [0.3, 0.4) is 0 Å². The first-order chi connectivity index (χ1) is 11.6. The van der Waals surface area contributed by atoms with Crippen LogP contribution in [0.25, 0.3) is 0 Å². The summed E-state index contributed by atoms with van der Waals surface area (Å²) < 4.78 is 13.6. The first-order valence-corrected chi connectivity index (χ1v) is 8.09. The number of aliphatic hydroxyl groups excluding tert-OH is 1. The molecular formula is C19H23FN2O2. The lowest BCUT2D eigenvalue weighted by molar-refractivity contribution is 0.0945. The highest BCUT2D eigenvalue weighted by Crippen LogP contribution is 2.15. The van der Waals surface area contributed by atoms with Crippen molar-refractivity contribution in [2.24, 2.45) is 0 Å².